The lowest BCUT2D eigenvalue weighted by molar-refractivity contribution is -0.0412. The molecule has 0 aliphatic carbocycles. The van der Waals surface area contributed by atoms with Crippen LogP contribution in [0.2, 0.25) is 0 Å². The molecule has 1 heterocycles. The van der Waals surface area contributed by atoms with Gasteiger partial charge in [-0.15, -0.1) is 0 Å². The van der Waals surface area contributed by atoms with Crippen LogP contribution in [0.15, 0.2) is 102 Å². The zero-order chi connectivity index (χ0) is 32.4. The van der Waals surface area contributed by atoms with Crippen LogP contribution in [0.4, 0.5) is 4.79 Å². The van der Waals surface area contributed by atoms with Crippen molar-refractivity contribution in [3.8, 4) is 5.75 Å². The van der Waals surface area contributed by atoms with Gasteiger partial charge in [0.05, 0.1) is 45.1 Å². The molecular formula is C37H42N4O5. The average molecular weight is 623 g/mol. The third-order valence-corrected chi connectivity index (χ3v) is 7.83. The molecule has 9 nitrogen and oxygen atoms in total. The molecular weight excluding hydrogens is 580 g/mol. The van der Waals surface area contributed by atoms with Gasteiger partial charge >= 0.3 is 6.09 Å². The van der Waals surface area contributed by atoms with Crippen molar-refractivity contribution in [3.05, 3.63) is 124 Å². The van der Waals surface area contributed by atoms with Crippen LogP contribution in [0.5, 0.6) is 5.75 Å². The summed E-state index contributed by atoms with van der Waals surface area (Å²) in [5.74, 6) is 0.461. The van der Waals surface area contributed by atoms with Crippen LogP contribution in [-0.4, -0.2) is 55.0 Å². The summed E-state index contributed by atoms with van der Waals surface area (Å²) in [7, 11) is 0. The van der Waals surface area contributed by atoms with Crippen molar-refractivity contribution in [1.29, 1.82) is 0 Å². The molecule has 0 aromatic heterocycles. The van der Waals surface area contributed by atoms with Gasteiger partial charge in [-0.05, 0) is 72.0 Å². The Balaban J connectivity index is 1.27. The van der Waals surface area contributed by atoms with E-state index in [0.717, 1.165) is 39.6 Å². The van der Waals surface area contributed by atoms with Crippen molar-refractivity contribution in [2.75, 3.05) is 26.3 Å². The summed E-state index contributed by atoms with van der Waals surface area (Å²) < 4.78 is 24.0. The summed E-state index contributed by atoms with van der Waals surface area (Å²) in [4.78, 5) is 17.9. The first-order chi connectivity index (χ1) is 22.3. The molecule has 1 saturated heterocycles. The molecule has 1 aliphatic heterocycles. The number of ether oxygens (including phenoxy) is 4. The molecule has 0 spiro atoms. The number of hydrogen-bond donors (Lipinski definition) is 0. The summed E-state index contributed by atoms with van der Waals surface area (Å²) in [6.07, 6.45) is -0.141. The van der Waals surface area contributed by atoms with Crippen molar-refractivity contribution in [3.63, 3.8) is 0 Å². The fourth-order valence-electron chi connectivity index (χ4n) is 5.67. The lowest BCUT2D eigenvalue weighted by Gasteiger charge is -2.42. The summed E-state index contributed by atoms with van der Waals surface area (Å²) >= 11 is 0. The van der Waals surface area contributed by atoms with Crippen molar-refractivity contribution < 1.29 is 23.7 Å². The highest BCUT2D eigenvalue weighted by atomic mass is 16.6. The van der Waals surface area contributed by atoms with Crippen LogP contribution in [0.25, 0.3) is 21.2 Å². The van der Waals surface area contributed by atoms with Crippen LogP contribution in [0, 0.1) is 0 Å². The van der Waals surface area contributed by atoms with Gasteiger partial charge in [-0.3, -0.25) is 0 Å². The number of carbonyl (C=O) groups is 1. The van der Waals surface area contributed by atoms with E-state index in [-0.39, 0.29) is 12.5 Å². The number of azide groups is 1. The van der Waals surface area contributed by atoms with Crippen molar-refractivity contribution in [2.45, 2.75) is 64.1 Å². The van der Waals surface area contributed by atoms with Gasteiger partial charge in [-0.1, -0.05) is 84.0 Å². The third-order valence-electron chi connectivity index (χ3n) is 7.83. The smallest absolute Gasteiger partial charge is 0.410 e. The molecule has 240 valence electrons. The Morgan fingerprint density at radius 2 is 1.61 bits per heavy atom. The largest absolute Gasteiger partial charge is 0.494 e. The van der Waals surface area contributed by atoms with E-state index in [1.54, 1.807) is 4.90 Å². The van der Waals surface area contributed by atoms with Crippen LogP contribution >= 0.6 is 0 Å². The van der Waals surface area contributed by atoms with E-state index < -0.39 is 23.8 Å². The minimum atomic E-state index is -0.660. The Hall–Kier alpha value is -4.56. The number of fused-ring (bicyclic) bond motifs is 1. The van der Waals surface area contributed by atoms with Gasteiger partial charge < -0.3 is 23.8 Å². The minimum Gasteiger partial charge on any atom is -0.494 e. The van der Waals surface area contributed by atoms with Crippen LogP contribution in [0.3, 0.4) is 0 Å². The number of piperidine rings is 1. The van der Waals surface area contributed by atoms with Crippen molar-refractivity contribution in [1.82, 2.24) is 4.90 Å². The quantitative estimate of drug-likeness (QED) is 0.0682. The molecule has 0 saturated carbocycles. The second-order valence-electron chi connectivity index (χ2n) is 12.5. The highest BCUT2D eigenvalue weighted by molar-refractivity contribution is 5.82. The third kappa shape index (κ3) is 9.23. The molecule has 1 fully saturated rings. The van der Waals surface area contributed by atoms with Crippen LogP contribution in [-0.2, 0) is 27.4 Å². The molecule has 3 atom stereocenters. The topological polar surface area (TPSA) is 106 Å². The second kappa shape index (κ2) is 15.6. The highest BCUT2D eigenvalue weighted by Crippen LogP contribution is 2.35. The van der Waals surface area contributed by atoms with Crippen molar-refractivity contribution >= 4 is 16.9 Å². The SMILES string of the molecule is CC(C)(C)OC(=O)N1CC(N=[N+]=[N-])C(c2ccc(OCCCOCc3ccccc3)cc2)C(OCc2ccc3ccccc3c2)C1. The minimum absolute atomic E-state index is 0.223. The fourth-order valence-corrected chi connectivity index (χ4v) is 5.67. The Bertz CT molecular complexity index is 1620. The van der Waals surface area contributed by atoms with Gasteiger partial charge in [-0.2, -0.15) is 0 Å². The van der Waals surface area contributed by atoms with E-state index in [0.29, 0.717) is 33.0 Å². The molecule has 0 N–H and O–H groups in total. The van der Waals surface area contributed by atoms with E-state index >= 15 is 0 Å². The molecule has 4 aromatic rings. The lowest BCUT2D eigenvalue weighted by Crippen LogP contribution is -2.54. The zero-order valence-corrected chi connectivity index (χ0v) is 26.7. The molecule has 3 unspecified atom stereocenters. The maximum absolute atomic E-state index is 13.1. The first-order valence-electron chi connectivity index (χ1n) is 15.7. The van der Waals surface area contributed by atoms with E-state index in [9.17, 15) is 10.3 Å². The van der Waals surface area contributed by atoms with Gasteiger partial charge in [0.1, 0.15) is 11.4 Å². The van der Waals surface area contributed by atoms with E-state index in [1.807, 2.05) is 87.5 Å². The molecule has 4 aromatic carbocycles. The number of hydrogen-bond acceptors (Lipinski definition) is 6. The predicted molar refractivity (Wildman–Crippen MR) is 179 cm³/mol. The Labute approximate surface area is 270 Å². The van der Waals surface area contributed by atoms with Crippen LogP contribution in [0.1, 0.15) is 49.8 Å². The van der Waals surface area contributed by atoms with Gasteiger partial charge in [0, 0.05) is 23.8 Å². The number of rotatable bonds is 12. The van der Waals surface area contributed by atoms with E-state index in [4.69, 9.17) is 18.9 Å². The summed E-state index contributed by atoms with van der Waals surface area (Å²) in [5.41, 5.74) is 12.0. The second-order valence-corrected chi connectivity index (χ2v) is 12.5. The number of likely N-dealkylation sites (tertiary alicyclic amines) is 1. The predicted octanol–water partition coefficient (Wildman–Crippen LogP) is 8.42. The van der Waals surface area contributed by atoms with Crippen molar-refractivity contribution in [2.24, 2.45) is 5.11 Å². The Morgan fingerprint density at radius 1 is 0.870 bits per heavy atom. The summed E-state index contributed by atoms with van der Waals surface area (Å²) in [6.45, 7) is 8.07. The monoisotopic (exact) mass is 622 g/mol. The summed E-state index contributed by atoms with van der Waals surface area (Å²) in [5, 5.41) is 6.43. The van der Waals surface area contributed by atoms with Gasteiger partial charge in [0.2, 0.25) is 0 Å². The van der Waals surface area contributed by atoms with Gasteiger partial charge in [0.25, 0.3) is 0 Å². The first-order valence-corrected chi connectivity index (χ1v) is 15.7. The van der Waals surface area contributed by atoms with Gasteiger partial charge in [-0.25, -0.2) is 4.79 Å². The standard InChI is InChI=1S/C37H42N4O5/c1-37(2,3)46-36(42)41-23-33(39-40-38)35(34(24-41)45-26-28-14-15-29-12-7-8-13-31(29)22-28)30-16-18-32(19-17-30)44-21-9-20-43-25-27-10-5-4-6-11-27/h4-8,10-19,22,33-35H,9,20-21,23-26H2,1-3H3. The average Bonchev–Trinajstić information content (AvgIpc) is 3.05. The van der Waals surface area contributed by atoms with Crippen LogP contribution < -0.4 is 4.74 Å². The van der Waals surface area contributed by atoms with E-state index in [2.05, 4.69) is 40.4 Å². The molecule has 9 heteroatoms. The fraction of sp³-hybridized carbons (Fsp3) is 0.378. The van der Waals surface area contributed by atoms with E-state index in [1.165, 1.54) is 0 Å². The molecule has 0 bridgehead atoms. The molecule has 5 rings (SSSR count). The molecule has 1 aliphatic rings. The maximum Gasteiger partial charge on any atom is 0.410 e. The number of carbonyl (C=O) groups excluding carboxylic acids is 1. The lowest BCUT2D eigenvalue weighted by atomic mass is 9.83. The normalized spacial score (nSPS) is 18.2. The Morgan fingerprint density at radius 3 is 2.35 bits per heavy atom. The number of nitrogens with zero attached hydrogens (tertiary/aromatic N) is 4. The van der Waals surface area contributed by atoms with Gasteiger partial charge in [0.15, 0.2) is 0 Å². The highest BCUT2D eigenvalue weighted by Gasteiger charge is 2.41. The Kier molecular flexibility index (Phi) is 11.2. The number of benzene rings is 4. The molecule has 1 amide bonds. The first kappa shape index (κ1) is 32.8. The molecule has 46 heavy (non-hydrogen) atoms. The molecule has 0 radical (unpaired) electrons. The number of amides is 1. The maximum atomic E-state index is 13.1. The zero-order valence-electron chi connectivity index (χ0n) is 26.7. The summed E-state index contributed by atoms with van der Waals surface area (Å²) in [6, 6.07) is 31.8.